The van der Waals surface area contributed by atoms with E-state index in [1.807, 2.05) is 52.0 Å². The smallest absolute Gasteiger partial charge is 0.342 e. The van der Waals surface area contributed by atoms with Gasteiger partial charge in [0.15, 0.2) is 11.7 Å². The number of nitrogens with one attached hydrogen (secondary N) is 1. The molecule has 0 bridgehead atoms. The van der Waals surface area contributed by atoms with E-state index in [4.69, 9.17) is 9.47 Å². The molecule has 8 heteroatoms. The second-order valence-corrected chi connectivity index (χ2v) is 9.04. The highest BCUT2D eigenvalue weighted by Gasteiger charge is 2.33. The summed E-state index contributed by atoms with van der Waals surface area (Å²) in [5.41, 5.74) is 2.66. The molecule has 2 atom stereocenters. The zero-order chi connectivity index (χ0) is 26.2. The molecular formula is C28H30N2O6. The minimum atomic E-state index is -1.74. The average molecular weight is 491 g/mol. The number of imidazole rings is 1. The number of carbonyl (C=O) groups excluding carboxylic acids is 1. The number of aromatic nitrogens is 2. The monoisotopic (exact) mass is 490 g/mol. The topological polar surface area (TPSA) is 114 Å². The molecule has 4 aromatic rings. The van der Waals surface area contributed by atoms with E-state index in [1.54, 1.807) is 24.3 Å². The zero-order valence-corrected chi connectivity index (χ0v) is 21.2. The maximum atomic E-state index is 11.8. The van der Waals surface area contributed by atoms with Crippen molar-refractivity contribution >= 4 is 17.0 Å². The summed E-state index contributed by atoms with van der Waals surface area (Å²) in [5.74, 6) is 2.08. The van der Waals surface area contributed by atoms with Crippen molar-refractivity contribution in [2.75, 3.05) is 7.11 Å². The fourth-order valence-electron chi connectivity index (χ4n) is 3.96. The lowest BCUT2D eigenvalue weighted by atomic mass is 9.96. The number of ether oxygens (including phenoxy) is 3. The van der Waals surface area contributed by atoms with Gasteiger partial charge in [-0.25, -0.2) is 9.78 Å². The highest BCUT2D eigenvalue weighted by atomic mass is 16.5. The number of fused-ring (bicyclic) bond motifs is 1. The van der Waals surface area contributed by atoms with E-state index < -0.39 is 17.7 Å². The summed E-state index contributed by atoms with van der Waals surface area (Å²) in [6, 6.07) is 14.0. The van der Waals surface area contributed by atoms with Crippen LogP contribution in [0.25, 0.3) is 11.0 Å². The first-order valence-electron chi connectivity index (χ1n) is 11.6. The van der Waals surface area contributed by atoms with Crippen molar-refractivity contribution in [3.63, 3.8) is 0 Å². The Morgan fingerprint density at radius 2 is 1.69 bits per heavy atom. The molecule has 188 valence electrons. The van der Waals surface area contributed by atoms with Crippen LogP contribution in [-0.4, -0.2) is 33.3 Å². The molecule has 4 rings (SSSR count). The van der Waals surface area contributed by atoms with Gasteiger partial charge in [-0.3, -0.25) is 0 Å². The number of aryl methyl sites for hydroxylation is 1. The van der Waals surface area contributed by atoms with Gasteiger partial charge in [0.05, 0.1) is 18.1 Å². The van der Waals surface area contributed by atoms with Crippen molar-refractivity contribution in [3.05, 3.63) is 76.6 Å². The fraction of sp³-hybridized carbons (Fsp3) is 0.286. The Balaban J connectivity index is 1.51. The van der Waals surface area contributed by atoms with Crippen LogP contribution in [0.5, 0.6) is 23.0 Å². The predicted molar refractivity (Wildman–Crippen MR) is 136 cm³/mol. The van der Waals surface area contributed by atoms with Crippen LogP contribution < -0.4 is 9.47 Å². The number of carbonyl (C=O) groups is 1. The number of hydrogen-bond acceptors (Lipinski definition) is 7. The molecule has 3 N–H and O–H groups in total. The molecule has 0 amide bonds. The Morgan fingerprint density at radius 3 is 2.36 bits per heavy atom. The third kappa shape index (κ3) is 4.72. The van der Waals surface area contributed by atoms with Crippen LogP contribution in [0.3, 0.4) is 0 Å². The van der Waals surface area contributed by atoms with Crippen molar-refractivity contribution in [2.24, 2.45) is 0 Å². The number of hydrogen-bond donors (Lipinski definition) is 3. The number of aromatic amines is 1. The summed E-state index contributed by atoms with van der Waals surface area (Å²) in [6.45, 7) is 8.88. The number of esters is 1. The minimum absolute atomic E-state index is 0.283. The SMILES string of the molecule is COC(=O)C(C)(O)c1ccc(OC(C)c2nc3ccc(Oc4cc(C)c(O)c(C)c4C)cc3[nH]2)cc1. The van der Waals surface area contributed by atoms with Gasteiger partial charge in [0.25, 0.3) is 0 Å². The molecule has 8 nitrogen and oxygen atoms in total. The van der Waals surface area contributed by atoms with Gasteiger partial charge in [0.1, 0.15) is 28.8 Å². The minimum Gasteiger partial charge on any atom is -0.507 e. The van der Waals surface area contributed by atoms with Gasteiger partial charge >= 0.3 is 5.97 Å². The molecule has 0 fully saturated rings. The van der Waals surface area contributed by atoms with Crippen molar-refractivity contribution in [2.45, 2.75) is 46.3 Å². The quantitative estimate of drug-likeness (QED) is 0.293. The molecule has 0 spiro atoms. The summed E-state index contributed by atoms with van der Waals surface area (Å²) in [4.78, 5) is 19.7. The summed E-state index contributed by atoms with van der Waals surface area (Å²) >= 11 is 0. The first kappa shape index (κ1) is 25.1. The van der Waals surface area contributed by atoms with Crippen molar-refractivity contribution in [1.82, 2.24) is 9.97 Å². The molecule has 2 unspecified atom stereocenters. The van der Waals surface area contributed by atoms with Gasteiger partial charge in [0, 0.05) is 6.07 Å². The van der Waals surface area contributed by atoms with Crippen LogP contribution in [0.1, 0.15) is 48.0 Å². The van der Waals surface area contributed by atoms with E-state index in [-0.39, 0.29) is 5.75 Å². The van der Waals surface area contributed by atoms with Gasteiger partial charge in [0.2, 0.25) is 0 Å². The number of aliphatic hydroxyl groups is 1. The normalized spacial score (nSPS) is 13.8. The molecule has 1 heterocycles. The van der Waals surface area contributed by atoms with Crippen molar-refractivity contribution in [1.29, 1.82) is 0 Å². The Bertz CT molecular complexity index is 1420. The molecule has 0 saturated heterocycles. The van der Waals surface area contributed by atoms with E-state index >= 15 is 0 Å². The lowest BCUT2D eigenvalue weighted by Crippen LogP contribution is -2.33. The number of rotatable bonds is 7. The predicted octanol–water partition coefficient (Wildman–Crippen LogP) is 5.51. The maximum Gasteiger partial charge on any atom is 0.342 e. The molecule has 0 aliphatic rings. The van der Waals surface area contributed by atoms with Crippen LogP contribution >= 0.6 is 0 Å². The standard InChI is InChI=1S/C28H30N2O6/c1-15-13-24(16(2)17(3)25(15)31)36-21-11-12-22-23(14-21)30-26(29-22)18(4)35-20-9-7-19(8-10-20)28(5,33)27(32)34-6/h7-14,18,31,33H,1-6H3,(H,29,30). The zero-order valence-electron chi connectivity index (χ0n) is 21.2. The Hall–Kier alpha value is -4.04. The number of phenols is 1. The fourth-order valence-corrected chi connectivity index (χ4v) is 3.96. The third-order valence-corrected chi connectivity index (χ3v) is 6.41. The number of nitrogens with zero attached hydrogens (tertiary/aromatic N) is 1. The number of aromatic hydroxyl groups is 1. The average Bonchev–Trinajstić information content (AvgIpc) is 3.29. The first-order valence-corrected chi connectivity index (χ1v) is 11.6. The number of benzene rings is 3. The van der Waals surface area contributed by atoms with E-state index in [0.717, 1.165) is 27.7 Å². The van der Waals surface area contributed by atoms with E-state index in [9.17, 15) is 15.0 Å². The molecule has 0 aliphatic carbocycles. The molecule has 0 radical (unpaired) electrons. The van der Waals surface area contributed by atoms with Gasteiger partial charge < -0.3 is 29.4 Å². The Kier molecular flexibility index (Phi) is 6.65. The van der Waals surface area contributed by atoms with Crippen LogP contribution in [0.4, 0.5) is 0 Å². The van der Waals surface area contributed by atoms with E-state index in [0.29, 0.717) is 28.6 Å². The highest BCUT2D eigenvalue weighted by Crippen LogP contribution is 2.35. The third-order valence-electron chi connectivity index (χ3n) is 6.41. The molecule has 0 aliphatic heterocycles. The molecule has 3 aromatic carbocycles. The van der Waals surface area contributed by atoms with Crippen LogP contribution in [-0.2, 0) is 15.1 Å². The van der Waals surface area contributed by atoms with Crippen molar-refractivity contribution < 1.29 is 29.2 Å². The summed E-state index contributed by atoms with van der Waals surface area (Å²) in [6.07, 6.45) is -0.390. The van der Waals surface area contributed by atoms with Crippen LogP contribution in [0, 0.1) is 20.8 Å². The first-order chi connectivity index (χ1) is 17.0. The number of methoxy groups -OCH3 is 1. The summed E-state index contributed by atoms with van der Waals surface area (Å²) in [7, 11) is 1.23. The number of H-pyrrole nitrogens is 1. The maximum absolute atomic E-state index is 11.8. The molecule has 1 aromatic heterocycles. The Labute approximate surface area is 209 Å². The Morgan fingerprint density at radius 1 is 1.03 bits per heavy atom. The van der Waals surface area contributed by atoms with Gasteiger partial charge in [-0.15, -0.1) is 0 Å². The lowest BCUT2D eigenvalue weighted by Gasteiger charge is -2.21. The molecular weight excluding hydrogens is 460 g/mol. The van der Waals surface area contributed by atoms with Gasteiger partial charge in [-0.05, 0) is 87.2 Å². The van der Waals surface area contributed by atoms with Crippen LogP contribution in [0.15, 0.2) is 48.5 Å². The van der Waals surface area contributed by atoms with Crippen LogP contribution in [0.2, 0.25) is 0 Å². The molecule has 0 saturated carbocycles. The van der Waals surface area contributed by atoms with Gasteiger partial charge in [-0.2, -0.15) is 0 Å². The lowest BCUT2D eigenvalue weighted by molar-refractivity contribution is -0.161. The second-order valence-electron chi connectivity index (χ2n) is 9.04. The largest absolute Gasteiger partial charge is 0.507 e. The number of phenolic OH excluding ortho intramolecular Hbond substituents is 1. The summed E-state index contributed by atoms with van der Waals surface area (Å²) in [5, 5.41) is 20.6. The summed E-state index contributed by atoms with van der Waals surface area (Å²) < 4.78 is 16.8. The molecule has 36 heavy (non-hydrogen) atoms. The highest BCUT2D eigenvalue weighted by molar-refractivity contribution is 5.80. The van der Waals surface area contributed by atoms with E-state index in [1.165, 1.54) is 14.0 Å². The van der Waals surface area contributed by atoms with Gasteiger partial charge in [-0.1, -0.05) is 12.1 Å². The second kappa shape index (κ2) is 9.54. The van der Waals surface area contributed by atoms with Crippen molar-refractivity contribution in [3.8, 4) is 23.0 Å². The van der Waals surface area contributed by atoms with E-state index in [2.05, 4.69) is 14.7 Å².